The average Bonchev–Trinajstić information content (AvgIpc) is 2.87. The Bertz CT molecular complexity index is 178. The van der Waals surface area contributed by atoms with Gasteiger partial charge in [0, 0.05) is 19.1 Å². The zero-order valence-corrected chi connectivity index (χ0v) is 9.66. The molecule has 0 spiro atoms. The smallest absolute Gasteiger partial charge is 0.169 e. The van der Waals surface area contributed by atoms with Gasteiger partial charge in [0.15, 0.2) is 5.11 Å². The van der Waals surface area contributed by atoms with Gasteiger partial charge in [-0.1, -0.05) is 13.3 Å². The molecule has 76 valence electrons. The largest absolute Gasteiger partial charge is 0.360 e. The van der Waals surface area contributed by atoms with Crippen LogP contribution in [-0.2, 0) is 0 Å². The molecule has 1 rings (SSSR count). The van der Waals surface area contributed by atoms with Crippen LogP contribution in [0.15, 0.2) is 0 Å². The molecule has 0 aromatic rings. The van der Waals surface area contributed by atoms with E-state index in [1.165, 1.54) is 25.7 Å². The van der Waals surface area contributed by atoms with Crippen molar-refractivity contribution >= 4 is 17.3 Å². The Labute approximate surface area is 86.7 Å². The van der Waals surface area contributed by atoms with E-state index in [0.717, 1.165) is 5.11 Å². The number of hydrogen-bond donors (Lipinski definition) is 1. The molecule has 0 radical (unpaired) electrons. The summed E-state index contributed by atoms with van der Waals surface area (Å²) >= 11 is 5.30. The molecular formula is C10H20N2S. The van der Waals surface area contributed by atoms with Gasteiger partial charge in [-0.3, -0.25) is 0 Å². The molecule has 2 nitrogen and oxygen atoms in total. The summed E-state index contributed by atoms with van der Waals surface area (Å²) in [7, 11) is 2.08. The first-order valence-corrected chi connectivity index (χ1v) is 5.59. The fourth-order valence-corrected chi connectivity index (χ4v) is 1.66. The molecule has 0 bridgehead atoms. The van der Waals surface area contributed by atoms with Gasteiger partial charge >= 0.3 is 0 Å². The van der Waals surface area contributed by atoms with Gasteiger partial charge < -0.3 is 10.2 Å². The van der Waals surface area contributed by atoms with E-state index in [1.807, 2.05) is 0 Å². The Morgan fingerprint density at radius 3 is 2.69 bits per heavy atom. The minimum absolute atomic E-state index is 0.559. The lowest BCUT2D eigenvalue weighted by Gasteiger charge is -2.27. The predicted molar refractivity (Wildman–Crippen MR) is 60.9 cm³/mol. The maximum absolute atomic E-state index is 5.30. The SMILES string of the molecule is CCCC(C)N(C)C(=S)NC1CC1. The quantitative estimate of drug-likeness (QED) is 0.700. The van der Waals surface area contributed by atoms with Crippen LogP contribution in [0.2, 0.25) is 0 Å². The zero-order chi connectivity index (χ0) is 9.84. The molecule has 0 heterocycles. The maximum Gasteiger partial charge on any atom is 0.169 e. The Hall–Kier alpha value is -0.310. The van der Waals surface area contributed by atoms with E-state index in [2.05, 4.69) is 31.1 Å². The van der Waals surface area contributed by atoms with Crippen LogP contribution < -0.4 is 5.32 Å². The first kappa shape index (κ1) is 10.8. The molecule has 1 N–H and O–H groups in total. The summed E-state index contributed by atoms with van der Waals surface area (Å²) in [4.78, 5) is 2.18. The van der Waals surface area contributed by atoms with Crippen molar-refractivity contribution in [3.05, 3.63) is 0 Å². The Kier molecular flexibility index (Phi) is 3.97. The van der Waals surface area contributed by atoms with Crippen LogP contribution in [0.1, 0.15) is 39.5 Å². The summed E-state index contributed by atoms with van der Waals surface area (Å²) in [6, 6.07) is 1.23. The lowest BCUT2D eigenvalue weighted by atomic mass is 10.2. The number of thiocarbonyl (C=S) groups is 1. The molecule has 0 aromatic heterocycles. The Morgan fingerprint density at radius 2 is 2.23 bits per heavy atom. The number of rotatable bonds is 4. The molecule has 0 saturated heterocycles. The van der Waals surface area contributed by atoms with Crippen LogP contribution in [0.3, 0.4) is 0 Å². The second-order valence-electron chi connectivity index (χ2n) is 3.97. The van der Waals surface area contributed by atoms with Crippen molar-refractivity contribution in [1.29, 1.82) is 0 Å². The molecule has 1 unspecified atom stereocenters. The third-order valence-electron chi connectivity index (χ3n) is 2.59. The highest BCUT2D eigenvalue weighted by atomic mass is 32.1. The van der Waals surface area contributed by atoms with E-state index < -0.39 is 0 Å². The molecule has 3 heteroatoms. The first-order valence-electron chi connectivity index (χ1n) is 5.18. The molecule has 1 atom stereocenters. The van der Waals surface area contributed by atoms with Gasteiger partial charge in [-0.25, -0.2) is 0 Å². The average molecular weight is 200 g/mol. The molecule has 0 aliphatic heterocycles. The lowest BCUT2D eigenvalue weighted by Crippen LogP contribution is -2.42. The van der Waals surface area contributed by atoms with E-state index in [4.69, 9.17) is 12.2 Å². The van der Waals surface area contributed by atoms with E-state index in [0.29, 0.717) is 12.1 Å². The summed E-state index contributed by atoms with van der Waals surface area (Å²) in [6.07, 6.45) is 5.01. The normalized spacial score (nSPS) is 18.1. The number of nitrogens with one attached hydrogen (secondary N) is 1. The highest BCUT2D eigenvalue weighted by Gasteiger charge is 2.23. The van der Waals surface area contributed by atoms with Gasteiger partial charge in [-0.2, -0.15) is 0 Å². The summed E-state index contributed by atoms with van der Waals surface area (Å²) in [6.45, 7) is 4.44. The van der Waals surface area contributed by atoms with Crippen molar-refractivity contribution in [2.45, 2.75) is 51.6 Å². The molecule has 1 fully saturated rings. The summed E-state index contributed by atoms with van der Waals surface area (Å²) in [5, 5.41) is 4.27. The maximum atomic E-state index is 5.30. The van der Waals surface area contributed by atoms with Crippen molar-refractivity contribution in [1.82, 2.24) is 10.2 Å². The van der Waals surface area contributed by atoms with Gasteiger partial charge in [0.25, 0.3) is 0 Å². The molecule has 1 aliphatic carbocycles. The van der Waals surface area contributed by atoms with Gasteiger partial charge in [0.05, 0.1) is 0 Å². The van der Waals surface area contributed by atoms with Crippen LogP contribution in [0.5, 0.6) is 0 Å². The van der Waals surface area contributed by atoms with E-state index in [-0.39, 0.29) is 0 Å². The fraction of sp³-hybridized carbons (Fsp3) is 0.900. The highest BCUT2D eigenvalue weighted by Crippen LogP contribution is 2.19. The Morgan fingerprint density at radius 1 is 1.62 bits per heavy atom. The molecular weight excluding hydrogens is 180 g/mol. The van der Waals surface area contributed by atoms with Crippen molar-refractivity contribution in [3.8, 4) is 0 Å². The second-order valence-corrected chi connectivity index (χ2v) is 4.36. The van der Waals surface area contributed by atoms with Crippen molar-refractivity contribution in [2.24, 2.45) is 0 Å². The molecule has 13 heavy (non-hydrogen) atoms. The summed E-state index contributed by atoms with van der Waals surface area (Å²) in [5.74, 6) is 0. The third kappa shape index (κ3) is 3.51. The summed E-state index contributed by atoms with van der Waals surface area (Å²) in [5.41, 5.74) is 0. The lowest BCUT2D eigenvalue weighted by molar-refractivity contribution is 0.361. The van der Waals surface area contributed by atoms with Crippen molar-refractivity contribution in [2.75, 3.05) is 7.05 Å². The zero-order valence-electron chi connectivity index (χ0n) is 8.84. The van der Waals surface area contributed by atoms with Crippen molar-refractivity contribution < 1.29 is 0 Å². The minimum atomic E-state index is 0.559. The molecule has 1 aliphatic rings. The van der Waals surface area contributed by atoms with Gasteiger partial charge in [-0.15, -0.1) is 0 Å². The first-order chi connectivity index (χ1) is 6.15. The second kappa shape index (κ2) is 4.80. The van der Waals surface area contributed by atoms with Crippen LogP contribution in [0, 0.1) is 0 Å². The van der Waals surface area contributed by atoms with Gasteiger partial charge in [0.2, 0.25) is 0 Å². The monoisotopic (exact) mass is 200 g/mol. The van der Waals surface area contributed by atoms with Gasteiger partial charge in [-0.05, 0) is 38.4 Å². The van der Waals surface area contributed by atoms with Crippen LogP contribution >= 0.6 is 12.2 Å². The van der Waals surface area contributed by atoms with Crippen LogP contribution in [-0.4, -0.2) is 29.1 Å². The topological polar surface area (TPSA) is 15.3 Å². The van der Waals surface area contributed by atoms with Crippen molar-refractivity contribution in [3.63, 3.8) is 0 Å². The third-order valence-corrected chi connectivity index (χ3v) is 3.00. The Balaban J connectivity index is 2.26. The van der Waals surface area contributed by atoms with Gasteiger partial charge in [0.1, 0.15) is 0 Å². The van der Waals surface area contributed by atoms with E-state index >= 15 is 0 Å². The van der Waals surface area contributed by atoms with Crippen LogP contribution in [0.25, 0.3) is 0 Å². The standard InChI is InChI=1S/C10H20N2S/c1-4-5-8(2)12(3)10(13)11-9-6-7-9/h8-9H,4-7H2,1-3H3,(H,11,13). The van der Waals surface area contributed by atoms with E-state index in [9.17, 15) is 0 Å². The minimum Gasteiger partial charge on any atom is -0.360 e. The number of hydrogen-bond acceptors (Lipinski definition) is 1. The highest BCUT2D eigenvalue weighted by molar-refractivity contribution is 7.80. The van der Waals surface area contributed by atoms with Crippen LogP contribution in [0.4, 0.5) is 0 Å². The molecule has 1 saturated carbocycles. The molecule has 0 aromatic carbocycles. The summed E-state index contributed by atoms with van der Waals surface area (Å²) < 4.78 is 0. The van der Waals surface area contributed by atoms with E-state index in [1.54, 1.807) is 0 Å². The number of nitrogens with zero attached hydrogens (tertiary/aromatic N) is 1. The fourth-order valence-electron chi connectivity index (χ4n) is 1.32. The predicted octanol–water partition coefficient (Wildman–Crippen LogP) is 2.14. The molecule has 0 amide bonds.